The zero-order valence-electron chi connectivity index (χ0n) is 29.5. The van der Waals surface area contributed by atoms with Gasteiger partial charge in [0, 0.05) is 30.8 Å². The number of nitrogens with one attached hydrogen (secondary N) is 2. The third-order valence-electron chi connectivity index (χ3n) is 10.7. The number of halogens is 1. The van der Waals surface area contributed by atoms with Gasteiger partial charge < -0.3 is 21.3 Å². The monoisotopic (exact) mass is 700 g/mol. The zero-order valence-corrected chi connectivity index (χ0v) is 31.1. The maximum atomic E-state index is 14.3. The second-order valence-corrected chi connectivity index (χ2v) is 19.5. The molecule has 4 N–H and O–H groups in total. The van der Waals surface area contributed by atoms with Crippen LogP contribution in [0.3, 0.4) is 0 Å². The number of sulfone groups is 1. The second-order valence-electron chi connectivity index (χ2n) is 16.9. The molecule has 0 aromatic rings. The molecule has 0 aromatic carbocycles. The highest BCUT2D eigenvalue weighted by Crippen LogP contribution is 2.65. The number of piperidine rings is 1. The van der Waals surface area contributed by atoms with Crippen molar-refractivity contribution in [3.63, 3.8) is 0 Å². The molecule has 0 radical (unpaired) electrons. The molecule has 1 heterocycles. The topological polar surface area (TPSA) is 173 Å². The first-order valence-corrected chi connectivity index (χ1v) is 19.4. The highest BCUT2D eigenvalue weighted by Gasteiger charge is 2.69. The fraction of sp³-hybridized carbons (Fsp3) is 0.853. The number of hydrogen-bond acceptors (Lipinski definition) is 7. The van der Waals surface area contributed by atoms with Crippen molar-refractivity contribution < 1.29 is 32.4 Å². The third-order valence-corrected chi connectivity index (χ3v) is 12.7. The number of Topliss-reactive ketones (excluding diaryl/α,β-unsaturated/α-hetero) is 2. The molecule has 0 spiro atoms. The number of primary amides is 1. The van der Waals surface area contributed by atoms with E-state index >= 15 is 0 Å². The van der Waals surface area contributed by atoms with Gasteiger partial charge in [0.1, 0.15) is 6.04 Å². The highest BCUT2D eigenvalue weighted by atomic mass is 35.5. The third kappa shape index (κ3) is 9.70. The summed E-state index contributed by atoms with van der Waals surface area (Å²) >= 11 is 5.72. The molecule has 11 nitrogen and oxygen atoms in total. The van der Waals surface area contributed by atoms with Crippen LogP contribution in [-0.4, -0.2) is 84.8 Å². The second kappa shape index (κ2) is 14.7. The lowest BCUT2D eigenvalue weighted by molar-refractivity contribution is -0.144. The van der Waals surface area contributed by atoms with E-state index < -0.39 is 68.3 Å². The molecule has 6 atom stereocenters. The van der Waals surface area contributed by atoms with E-state index in [-0.39, 0.29) is 46.9 Å². The van der Waals surface area contributed by atoms with Gasteiger partial charge in [-0.25, -0.2) is 13.2 Å². The molecule has 3 aliphatic rings. The van der Waals surface area contributed by atoms with E-state index in [4.69, 9.17) is 17.3 Å². The summed E-state index contributed by atoms with van der Waals surface area (Å²) in [5.74, 6) is -2.95. The number of ketones is 2. The fourth-order valence-corrected chi connectivity index (χ4v) is 9.36. The summed E-state index contributed by atoms with van der Waals surface area (Å²) in [7, 11) is -3.49. The molecule has 47 heavy (non-hydrogen) atoms. The Balaban J connectivity index is 1.81. The number of fused-ring (bicyclic) bond motifs is 1. The van der Waals surface area contributed by atoms with Crippen molar-refractivity contribution in [3.05, 3.63) is 0 Å². The number of carbonyl (C=O) groups is 5. The SMILES string of the molecule is CC(C)(C)[C@H](NC(=O)N[C@H](CS(=O)(=O)CCCCCl)C(C)(C)C)C(=O)N1C[C@H]2[C@@H]([C@H]1C(=O)CC(CC1CCC1)C(=O)C(N)=O)C2(C)C. The van der Waals surface area contributed by atoms with Crippen LogP contribution >= 0.6 is 11.6 Å². The van der Waals surface area contributed by atoms with Crippen molar-refractivity contribution in [2.24, 2.45) is 45.7 Å². The number of urea groups is 1. The maximum absolute atomic E-state index is 14.3. The van der Waals surface area contributed by atoms with E-state index in [1.165, 1.54) is 0 Å². The van der Waals surface area contributed by atoms with Crippen molar-refractivity contribution in [2.75, 3.05) is 23.9 Å². The van der Waals surface area contributed by atoms with Crippen molar-refractivity contribution in [1.29, 1.82) is 0 Å². The maximum Gasteiger partial charge on any atom is 0.315 e. The number of nitrogens with zero attached hydrogens (tertiary/aromatic N) is 1. The fourth-order valence-electron chi connectivity index (χ4n) is 7.27. The number of carbonyl (C=O) groups excluding carboxylic acids is 5. The van der Waals surface area contributed by atoms with E-state index in [1.807, 2.05) is 41.5 Å². The van der Waals surface area contributed by atoms with Crippen molar-refractivity contribution >= 4 is 50.9 Å². The van der Waals surface area contributed by atoms with Gasteiger partial charge >= 0.3 is 6.03 Å². The summed E-state index contributed by atoms with van der Waals surface area (Å²) in [4.78, 5) is 68.0. The van der Waals surface area contributed by atoms with Crippen LogP contribution in [0.4, 0.5) is 4.79 Å². The molecule has 3 rings (SSSR count). The number of likely N-dealkylation sites (tertiary alicyclic amines) is 1. The number of nitrogens with two attached hydrogens (primary N) is 1. The predicted molar refractivity (Wildman–Crippen MR) is 182 cm³/mol. The summed E-state index contributed by atoms with van der Waals surface area (Å²) in [6.07, 6.45) is 4.21. The Kier molecular flexibility index (Phi) is 12.3. The van der Waals surface area contributed by atoms with Gasteiger partial charge in [-0.3, -0.25) is 19.2 Å². The van der Waals surface area contributed by atoms with Crippen LogP contribution in [-0.2, 0) is 29.0 Å². The molecular weight excluding hydrogens is 644 g/mol. The van der Waals surface area contributed by atoms with Crippen LogP contribution in [0.25, 0.3) is 0 Å². The number of hydrogen-bond donors (Lipinski definition) is 3. The smallest absolute Gasteiger partial charge is 0.315 e. The first kappa shape index (κ1) is 39.2. The van der Waals surface area contributed by atoms with E-state index in [1.54, 1.807) is 4.90 Å². The van der Waals surface area contributed by atoms with Gasteiger partial charge in [-0.15, -0.1) is 11.6 Å². The Morgan fingerprint density at radius 1 is 0.979 bits per heavy atom. The molecule has 2 aliphatic carbocycles. The Labute approximate surface area is 286 Å². The molecule has 268 valence electrons. The minimum atomic E-state index is -3.49. The van der Waals surface area contributed by atoms with Gasteiger partial charge in [-0.2, -0.15) is 0 Å². The zero-order chi connectivity index (χ0) is 35.7. The Hall–Kier alpha value is -2.21. The molecule has 3 fully saturated rings. The molecule has 1 saturated heterocycles. The van der Waals surface area contributed by atoms with Gasteiger partial charge in [-0.05, 0) is 53.3 Å². The first-order chi connectivity index (χ1) is 21.5. The lowest BCUT2D eigenvalue weighted by Gasteiger charge is -2.39. The summed E-state index contributed by atoms with van der Waals surface area (Å²) in [6.45, 7) is 15.4. The normalized spacial score (nSPS) is 24.4. The van der Waals surface area contributed by atoms with Crippen LogP contribution in [0.15, 0.2) is 0 Å². The minimum absolute atomic E-state index is 0.0334. The average Bonchev–Trinajstić information content (AvgIpc) is 3.23. The Bertz CT molecular complexity index is 1320. The number of amides is 4. The largest absolute Gasteiger partial charge is 0.363 e. The summed E-state index contributed by atoms with van der Waals surface area (Å²) in [6, 6.07) is -3.22. The number of unbranched alkanes of at least 4 members (excludes halogenated alkanes) is 1. The predicted octanol–water partition coefficient (Wildman–Crippen LogP) is 3.85. The van der Waals surface area contributed by atoms with Gasteiger partial charge in [0.2, 0.25) is 11.7 Å². The molecule has 0 bridgehead atoms. The van der Waals surface area contributed by atoms with Crippen LogP contribution in [0.2, 0.25) is 0 Å². The molecule has 1 unspecified atom stereocenters. The average molecular weight is 701 g/mol. The van der Waals surface area contributed by atoms with Crippen molar-refractivity contribution in [2.45, 2.75) is 118 Å². The number of rotatable bonds is 16. The molecule has 4 amide bonds. The number of alkyl halides is 1. The van der Waals surface area contributed by atoms with E-state index in [0.29, 0.717) is 31.7 Å². The van der Waals surface area contributed by atoms with E-state index in [0.717, 1.165) is 19.3 Å². The lowest BCUT2D eigenvalue weighted by Crippen LogP contribution is -2.61. The first-order valence-electron chi connectivity index (χ1n) is 17.0. The quantitative estimate of drug-likeness (QED) is 0.125. The Morgan fingerprint density at radius 3 is 2.09 bits per heavy atom. The van der Waals surface area contributed by atoms with Crippen LogP contribution in [0.5, 0.6) is 0 Å². The Morgan fingerprint density at radius 2 is 1.60 bits per heavy atom. The molecule has 13 heteroatoms. The van der Waals surface area contributed by atoms with Crippen LogP contribution < -0.4 is 16.4 Å². The molecule has 0 aromatic heterocycles. The van der Waals surface area contributed by atoms with Gasteiger partial charge in [0.25, 0.3) is 5.91 Å². The van der Waals surface area contributed by atoms with E-state index in [9.17, 15) is 32.4 Å². The van der Waals surface area contributed by atoms with E-state index in [2.05, 4.69) is 24.5 Å². The molecule has 1 aliphatic heterocycles. The summed E-state index contributed by atoms with van der Waals surface area (Å²) in [5.41, 5.74) is 3.83. The van der Waals surface area contributed by atoms with Gasteiger partial charge in [-0.1, -0.05) is 74.7 Å². The summed E-state index contributed by atoms with van der Waals surface area (Å²) < 4.78 is 25.8. The summed E-state index contributed by atoms with van der Waals surface area (Å²) in [5, 5.41) is 5.64. The lowest BCUT2D eigenvalue weighted by atomic mass is 9.76. The highest BCUT2D eigenvalue weighted by molar-refractivity contribution is 7.91. The van der Waals surface area contributed by atoms with Crippen LogP contribution in [0, 0.1) is 39.9 Å². The van der Waals surface area contributed by atoms with Crippen LogP contribution in [0.1, 0.15) is 100 Å². The standard InChI is InChI=1S/C34H57ClN4O7S/c1-32(2,3)24(19-47(45,46)15-10-9-14-35)37-31(44)38-28(33(4,5)6)30(43)39-18-22-25(34(22,7)8)26(39)23(40)17-21(27(41)29(36)42)16-20-12-11-13-20/h20-22,24-26,28H,9-19H2,1-8H3,(H2,36,42)(H2,37,38,44)/t21?,22-,24+,25-,26+,28+/m0/s1. The van der Waals surface area contributed by atoms with Gasteiger partial charge in [0.15, 0.2) is 15.6 Å². The minimum Gasteiger partial charge on any atom is -0.363 e. The van der Waals surface area contributed by atoms with Gasteiger partial charge in [0.05, 0.1) is 17.5 Å². The van der Waals surface area contributed by atoms with Crippen molar-refractivity contribution in [3.8, 4) is 0 Å². The van der Waals surface area contributed by atoms with Crippen molar-refractivity contribution in [1.82, 2.24) is 15.5 Å². The molecular formula is C34H57ClN4O7S. The molecule has 2 saturated carbocycles.